The van der Waals surface area contributed by atoms with E-state index in [1.165, 1.54) is 30.3 Å². The Bertz CT molecular complexity index is 779. The molecular formula is C15H17N3O2. The van der Waals surface area contributed by atoms with E-state index in [2.05, 4.69) is 0 Å². The topological polar surface area (TPSA) is 48.9 Å². The summed E-state index contributed by atoms with van der Waals surface area (Å²) in [5.41, 5.74) is 0.728. The molecule has 2 spiro atoms. The molecule has 5 aliphatic carbocycles. The fourth-order valence-corrected chi connectivity index (χ4v) is 8.64. The first-order chi connectivity index (χ1) is 9.68. The van der Waals surface area contributed by atoms with Crippen molar-refractivity contribution < 1.29 is 0 Å². The van der Waals surface area contributed by atoms with Gasteiger partial charge in [0.2, 0.25) is 0 Å². The van der Waals surface area contributed by atoms with E-state index >= 15 is 0 Å². The highest BCUT2D eigenvalue weighted by Gasteiger charge is 3.02. The number of hydrogen-bond acceptors (Lipinski definition) is 2. The number of hydrogen-bond donors (Lipinski definition) is 0. The van der Waals surface area contributed by atoms with Gasteiger partial charge in [-0.1, -0.05) is 12.8 Å². The van der Waals surface area contributed by atoms with Gasteiger partial charge in [-0.15, -0.1) is 0 Å². The van der Waals surface area contributed by atoms with Crippen LogP contribution in [0.4, 0.5) is 0 Å². The molecule has 8 unspecified atom stereocenters. The lowest BCUT2D eigenvalue weighted by molar-refractivity contribution is -0.559. The second-order valence-electron chi connectivity index (χ2n) is 8.20. The van der Waals surface area contributed by atoms with E-state index in [1.54, 1.807) is 7.05 Å². The monoisotopic (exact) mass is 271 g/mol. The van der Waals surface area contributed by atoms with Gasteiger partial charge in [-0.05, 0) is 36.5 Å². The molecule has 8 atom stereocenters. The molecule has 0 saturated heterocycles. The van der Waals surface area contributed by atoms with Crippen molar-refractivity contribution in [2.45, 2.75) is 37.8 Å². The van der Waals surface area contributed by atoms with E-state index in [0.29, 0.717) is 22.9 Å². The summed E-state index contributed by atoms with van der Waals surface area (Å²) in [6, 6.07) is 0.739. The molecule has 0 amide bonds. The molecule has 5 fully saturated rings. The van der Waals surface area contributed by atoms with Crippen molar-refractivity contribution in [1.82, 2.24) is 13.9 Å². The Morgan fingerprint density at radius 1 is 0.900 bits per heavy atom. The largest absolute Gasteiger partial charge is 0.347 e. The number of nitrogens with zero attached hydrogens (tertiary/aromatic N) is 3. The molecule has 8 rings (SSSR count). The van der Waals surface area contributed by atoms with E-state index in [1.807, 2.05) is 9.36 Å². The third kappa shape index (κ3) is 0.482. The molecular weight excluding hydrogens is 254 g/mol. The van der Waals surface area contributed by atoms with E-state index in [4.69, 9.17) is 0 Å². The number of aromatic nitrogens is 3. The Kier molecular flexibility index (Phi) is 1.05. The predicted molar refractivity (Wildman–Crippen MR) is 69.3 cm³/mol. The highest BCUT2D eigenvalue weighted by molar-refractivity contribution is 5.48. The van der Waals surface area contributed by atoms with E-state index < -0.39 is 0 Å². The first-order valence-corrected chi connectivity index (χ1v) is 8.08. The van der Waals surface area contributed by atoms with Gasteiger partial charge in [0.25, 0.3) is 0 Å². The average Bonchev–Trinajstić information content (AvgIpc) is 2.64. The molecule has 5 heteroatoms. The van der Waals surface area contributed by atoms with Crippen LogP contribution >= 0.6 is 0 Å². The zero-order valence-corrected chi connectivity index (χ0v) is 11.5. The molecule has 1 aromatic heterocycles. The molecule has 3 heterocycles. The first kappa shape index (κ1) is 9.64. The van der Waals surface area contributed by atoms with Gasteiger partial charge in [0, 0.05) is 17.9 Å². The van der Waals surface area contributed by atoms with Gasteiger partial charge in [-0.2, -0.15) is 0 Å². The maximum Gasteiger partial charge on any atom is 0.347 e. The minimum atomic E-state index is -0.0641. The third-order valence-electron chi connectivity index (χ3n) is 8.66. The van der Waals surface area contributed by atoms with Gasteiger partial charge < -0.3 is 0 Å². The zero-order chi connectivity index (χ0) is 13.2. The summed E-state index contributed by atoms with van der Waals surface area (Å²) in [4.78, 5) is 25.0. The van der Waals surface area contributed by atoms with Crippen LogP contribution in [0.5, 0.6) is 0 Å². The quantitative estimate of drug-likeness (QED) is 0.690. The second kappa shape index (κ2) is 2.18. The SMILES string of the molecule is Cn1c(=O)n2n(c1=O)C1C3C4C5C3C13CCCCC53C42. The van der Waals surface area contributed by atoms with Crippen molar-refractivity contribution in [2.75, 3.05) is 0 Å². The van der Waals surface area contributed by atoms with Crippen molar-refractivity contribution in [3.63, 3.8) is 0 Å². The van der Waals surface area contributed by atoms with E-state index in [-0.39, 0.29) is 11.4 Å². The molecule has 0 radical (unpaired) electrons. The van der Waals surface area contributed by atoms with Gasteiger partial charge in [-0.25, -0.2) is 23.5 Å². The zero-order valence-electron chi connectivity index (χ0n) is 11.5. The highest BCUT2D eigenvalue weighted by Crippen LogP contribution is 3.04. The van der Waals surface area contributed by atoms with Crippen LogP contribution in [-0.2, 0) is 7.05 Å². The minimum Gasteiger partial charge on any atom is -0.246 e. The number of rotatable bonds is 0. The summed E-state index contributed by atoms with van der Waals surface area (Å²) < 4.78 is 5.12. The van der Waals surface area contributed by atoms with Gasteiger partial charge in [0.05, 0.1) is 12.1 Å². The fourth-order valence-electron chi connectivity index (χ4n) is 8.64. The van der Waals surface area contributed by atoms with Crippen LogP contribution in [0.1, 0.15) is 37.8 Å². The summed E-state index contributed by atoms with van der Waals surface area (Å²) in [6.45, 7) is 0. The lowest BCUT2D eigenvalue weighted by Gasteiger charge is -3.02. The Hall–Kier alpha value is -1.26. The normalized spacial score (nSPS) is 61.2. The van der Waals surface area contributed by atoms with E-state index in [0.717, 1.165) is 23.7 Å². The van der Waals surface area contributed by atoms with Crippen molar-refractivity contribution >= 4 is 0 Å². The summed E-state index contributed by atoms with van der Waals surface area (Å²) in [6.07, 6.45) is 5.29. The van der Waals surface area contributed by atoms with Gasteiger partial charge >= 0.3 is 11.4 Å². The first-order valence-electron chi connectivity index (χ1n) is 8.08. The van der Waals surface area contributed by atoms with E-state index in [9.17, 15) is 9.59 Å². The van der Waals surface area contributed by atoms with Crippen LogP contribution < -0.4 is 11.4 Å². The van der Waals surface area contributed by atoms with Crippen molar-refractivity contribution in [3.05, 3.63) is 21.0 Å². The van der Waals surface area contributed by atoms with Crippen LogP contribution in [0.2, 0.25) is 0 Å². The molecule has 5 nitrogen and oxygen atoms in total. The predicted octanol–water partition coefficient (Wildman–Crippen LogP) is 0.510. The maximum absolute atomic E-state index is 12.5. The Morgan fingerprint density at radius 2 is 1.35 bits per heavy atom. The van der Waals surface area contributed by atoms with Crippen molar-refractivity contribution in [3.8, 4) is 0 Å². The highest BCUT2D eigenvalue weighted by atomic mass is 16.2. The smallest absolute Gasteiger partial charge is 0.246 e. The fraction of sp³-hybridized carbons (Fsp3) is 0.867. The summed E-state index contributed by atoms with van der Waals surface area (Å²) in [7, 11) is 1.64. The standard InChI is InChI=1S/C15H17N3O2/c1-16-12(19)17-10-6-7-9-8(6)14(10)4-2-3-5-15(9,14)11(7)18(17)13(16)20/h6-11H,2-5H2,1H3. The van der Waals surface area contributed by atoms with Gasteiger partial charge in [0.1, 0.15) is 0 Å². The Morgan fingerprint density at radius 3 is 1.80 bits per heavy atom. The average molecular weight is 271 g/mol. The van der Waals surface area contributed by atoms with Gasteiger partial charge in [0.15, 0.2) is 0 Å². The van der Waals surface area contributed by atoms with Crippen molar-refractivity contribution in [1.29, 1.82) is 0 Å². The molecule has 0 N–H and O–H groups in total. The second-order valence-corrected chi connectivity index (χ2v) is 8.20. The van der Waals surface area contributed by atoms with Crippen molar-refractivity contribution in [2.24, 2.45) is 41.5 Å². The van der Waals surface area contributed by atoms with Crippen LogP contribution in [0, 0.1) is 34.5 Å². The minimum absolute atomic E-state index is 0.0641. The summed E-state index contributed by atoms with van der Waals surface area (Å²) in [5, 5.41) is 0. The maximum atomic E-state index is 12.5. The van der Waals surface area contributed by atoms with Crippen LogP contribution in [0.25, 0.3) is 0 Å². The molecule has 5 saturated carbocycles. The van der Waals surface area contributed by atoms with Crippen LogP contribution in [0.15, 0.2) is 9.59 Å². The third-order valence-corrected chi connectivity index (χ3v) is 8.66. The Labute approximate surface area is 115 Å². The molecule has 20 heavy (non-hydrogen) atoms. The Balaban J connectivity index is 1.65. The summed E-state index contributed by atoms with van der Waals surface area (Å²) >= 11 is 0. The molecule has 1 aromatic rings. The summed E-state index contributed by atoms with van der Waals surface area (Å²) in [5.74, 6) is 3.32. The van der Waals surface area contributed by atoms with Crippen LogP contribution in [-0.4, -0.2) is 13.9 Å². The molecule has 7 aliphatic rings. The van der Waals surface area contributed by atoms with Gasteiger partial charge in [-0.3, -0.25) is 0 Å². The molecule has 2 bridgehead atoms. The molecule has 104 valence electrons. The molecule has 2 aliphatic heterocycles. The lowest BCUT2D eigenvalue weighted by atomic mass is 9.04. The molecule has 0 aromatic carbocycles. The van der Waals surface area contributed by atoms with Crippen LogP contribution in [0.3, 0.4) is 0 Å². The lowest BCUT2D eigenvalue weighted by Crippen LogP contribution is -3.01.